The third-order valence-electron chi connectivity index (χ3n) is 5.79. The van der Waals surface area contributed by atoms with Crippen molar-refractivity contribution in [1.29, 1.82) is 0 Å². The number of ketones is 1. The zero-order chi connectivity index (χ0) is 20.9. The molecule has 0 saturated carbocycles. The summed E-state index contributed by atoms with van der Waals surface area (Å²) in [5.41, 5.74) is 1.87. The molecular formula is C25H27N3O2. The fourth-order valence-corrected chi connectivity index (χ4v) is 4.18. The Labute approximate surface area is 177 Å². The number of likely N-dealkylation sites (N-methyl/N-ethyl adjacent to an activating group) is 1. The van der Waals surface area contributed by atoms with Gasteiger partial charge in [0.2, 0.25) is 5.91 Å². The van der Waals surface area contributed by atoms with Crippen LogP contribution in [0.4, 0.5) is 0 Å². The summed E-state index contributed by atoms with van der Waals surface area (Å²) in [6.45, 7) is 2.28. The quantitative estimate of drug-likeness (QED) is 0.590. The summed E-state index contributed by atoms with van der Waals surface area (Å²) in [6.07, 6.45) is 5.23. The normalized spacial score (nSPS) is 16.7. The van der Waals surface area contributed by atoms with Gasteiger partial charge in [0.15, 0.2) is 5.78 Å². The number of rotatable bonds is 6. The number of nitrogens with zero attached hydrogens (tertiary/aromatic N) is 3. The predicted molar refractivity (Wildman–Crippen MR) is 118 cm³/mol. The minimum absolute atomic E-state index is 0.0857. The van der Waals surface area contributed by atoms with E-state index in [0.717, 1.165) is 41.3 Å². The van der Waals surface area contributed by atoms with E-state index in [4.69, 9.17) is 0 Å². The van der Waals surface area contributed by atoms with E-state index in [2.05, 4.69) is 4.98 Å². The molecule has 1 aliphatic heterocycles. The first kappa shape index (κ1) is 20.2. The Kier molecular flexibility index (Phi) is 6.19. The van der Waals surface area contributed by atoms with Gasteiger partial charge < -0.3 is 4.90 Å². The molecule has 4 rings (SSSR count). The number of pyridine rings is 1. The van der Waals surface area contributed by atoms with Crippen LogP contribution in [0.1, 0.15) is 28.8 Å². The second kappa shape index (κ2) is 9.18. The molecule has 0 N–H and O–H groups in total. The van der Waals surface area contributed by atoms with Gasteiger partial charge in [0.05, 0.1) is 6.54 Å². The lowest BCUT2D eigenvalue weighted by Crippen LogP contribution is -2.45. The molecule has 3 aromatic rings. The van der Waals surface area contributed by atoms with Gasteiger partial charge in [0.25, 0.3) is 0 Å². The van der Waals surface area contributed by atoms with Gasteiger partial charge in [-0.05, 0) is 54.4 Å². The van der Waals surface area contributed by atoms with Gasteiger partial charge in [-0.25, -0.2) is 0 Å². The number of carbonyl (C=O) groups is 2. The highest BCUT2D eigenvalue weighted by molar-refractivity contribution is 6.01. The van der Waals surface area contributed by atoms with Crippen LogP contribution >= 0.6 is 0 Å². The van der Waals surface area contributed by atoms with Crippen LogP contribution in [0, 0.1) is 5.92 Å². The van der Waals surface area contributed by atoms with Crippen molar-refractivity contribution in [1.82, 2.24) is 14.8 Å². The van der Waals surface area contributed by atoms with E-state index < -0.39 is 0 Å². The molecule has 0 spiro atoms. The second-order valence-corrected chi connectivity index (χ2v) is 8.13. The molecule has 1 amide bonds. The summed E-state index contributed by atoms with van der Waals surface area (Å²) in [5.74, 6) is 0.0975. The molecule has 2 aromatic carbocycles. The fourth-order valence-electron chi connectivity index (χ4n) is 4.18. The van der Waals surface area contributed by atoms with Crippen molar-refractivity contribution in [2.24, 2.45) is 5.92 Å². The Hall–Kier alpha value is -3.05. The molecule has 30 heavy (non-hydrogen) atoms. The van der Waals surface area contributed by atoms with E-state index in [-0.39, 0.29) is 17.6 Å². The van der Waals surface area contributed by atoms with Crippen molar-refractivity contribution < 1.29 is 9.59 Å². The van der Waals surface area contributed by atoms with Gasteiger partial charge in [0, 0.05) is 43.5 Å². The predicted octanol–water partition coefficient (Wildman–Crippen LogP) is 3.79. The molecule has 0 aliphatic carbocycles. The van der Waals surface area contributed by atoms with E-state index in [1.54, 1.807) is 12.4 Å². The number of fused-ring (bicyclic) bond motifs is 1. The summed E-state index contributed by atoms with van der Waals surface area (Å²) in [4.78, 5) is 33.9. The molecule has 2 heterocycles. The van der Waals surface area contributed by atoms with E-state index in [9.17, 15) is 9.59 Å². The van der Waals surface area contributed by atoms with Crippen molar-refractivity contribution >= 4 is 22.5 Å². The van der Waals surface area contributed by atoms with Gasteiger partial charge in [-0.2, -0.15) is 0 Å². The molecule has 1 unspecified atom stereocenters. The molecule has 0 radical (unpaired) electrons. The smallest absolute Gasteiger partial charge is 0.236 e. The molecule has 5 nitrogen and oxygen atoms in total. The summed E-state index contributed by atoms with van der Waals surface area (Å²) in [5, 5.41) is 2.21. The Morgan fingerprint density at radius 1 is 1.07 bits per heavy atom. The number of piperidine rings is 1. The standard InChI is InChI=1S/C25H27N3O2/c1-27(16-19-10-12-26-13-11-19)18-24(29)28-14-4-7-23(17-28)25(30)22-9-8-20-5-2-3-6-21(20)15-22/h2-3,5-6,8-13,15,23H,4,7,14,16-18H2,1H3. The maximum atomic E-state index is 13.1. The van der Waals surface area contributed by atoms with Gasteiger partial charge >= 0.3 is 0 Å². The molecule has 1 aliphatic rings. The number of hydrogen-bond donors (Lipinski definition) is 0. The molecular weight excluding hydrogens is 374 g/mol. The van der Waals surface area contributed by atoms with E-state index in [1.165, 1.54) is 0 Å². The Bertz CT molecular complexity index is 1030. The SMILES string of the molecule is CN(CC(=O)N1CCCC(C(=O)c2ccc3ccccc3c2)C1)Cc1ccncc1. The highest BCUT2D eigenvalue weighted by atomic mass is 16.2. The van der Waals surface area contributed by atoms with Crippen molar-refractivity contribution in [2.45, 2.75) is 19.4 Å². The minimum Gasteiger partial charge on any atom is -0.341 e. The number of aromatic nitrogens is 1. The van der Waals surface area contributed by atoms with Crippen molar-refractivity contribution in [3.05, 3.63) is 78.1 Å². The van der Waals surface area contributed by atoms with E-state index in [1.807, 2.05) is 71.4 Å². The van der Waals surface area contributed by atoms with Crippen LogP contribution in [0.25, 0.3) is 10.8 Å². The number of carbonyl (C=O) groups excluding carboxylic acids is 2. The van der Waals surface area contributed by atoms with Gasteiger partial charge in [-0.1, -0.05) is 36.4 Å². The van der Waals surface area contributed by atoms with Gasteiger partial charge in [-0.3, -0.25) is 19.5 Å². The van der Waals surface area contributed by atoms with Crippen LogP contribution in [0.2, 0.25) is 0 Å². The Morgan fingerprint density at radius 2 is 1.83 bits per heavy atom. The largest absolute Gasteiger partial charge is 0.341 e. The summed E-state index contributed by atoms with van der Waals surface area (Å²) < 4.78 is 0. The molecule has 1 fully saturated rings. The van der Waals surface area contributed by atoms with Gasteiger partial charge in [0.1, 0.15) is 0 Å². The maximum Gasteiger partial charge on any atom is 0.236 e. The lowest BCUT2D eigenvalue weighted by molar-refractivity contribution is -0.133. The molecule has 154 valence electrons. The van der Waals surface area contributed by atoms with Crippen LogP contribution in [0.3, 0.4) is 0 Å². The first-order valence-electron chi connectivity index (χ1n) is 10.5. The summed E-state index contributed by atoms with van der Waals surface area (Å²) in [6, 6.07) is 17.9. The first-order chi connectivity index (χ1) is 14.6. The Morgan fingerprint density at radius 3 is 2.63 bits per heavy atom. The fraction of sp³-hybridized carbons (Fsp3) is 0.320. The van der Waals surface area contributed by atoms with Crippen molar-refractivity contribution in [3.8, 4) is 0 Å². The maximum absolute atomic E-state index is 13.1. The zero-order valence-corrected chi connectivity index (χ0v) is 17.3. The molecule has 1 aromatic heterocycles. The average molecular weight is 402 g/mol. The van der Waals surface area contributed by atoms with Crippen LogP contribution in [0.15, 0.2) is 67.0 Å². The monoisotopic (exact) mass is 401 g/mol. The lowest BCUT2D eigenvalue weighted by Gasteiger charge is -2.33. The number of hydrogen-bond acceptors (Lipinski definition) is 4. The molecule has 1 saturated heterocycles. The van der Waals surface area contributed by atoms with Crippen LogP contribution in [-0.4, -0.2) is 53.2 Å². The Balaban J connectivity index is 1.38. The topological polar surface area (TPSA) is 53.5 Å². The summed E-state index contributed by atoms with van der Waals surface area (Å²) in [7, 11) is 1.94. The third-order valence-corrected chi connectivity index (χ3v) is 5.79. The molecule has 5 heteroatoms. The molecule has 1 atom stereocenters. The van der Waals surface area contributed by atoms with Crippen LogP contribution in [0.5, 0.6) is 0 Å². The van der Waals surface area contributed by atoms with E-state index in [0.29, 0.717) is 19.6 Å². The number of Topliss-reactive ketones (excluding diaryl/α,β-unsaturated/α-hetero) is 1. The van der Waals surface area contributed by atoms with Crippen LogP contribution in [-0.2, 0) is 11.3 Å². The van der Waals surface area contributed by atoms with Gasteiger partial charge in [-0.15, -0.1) is 0 Å². The number of amides is 1. The van der Waals surface area contributed by atoms with E-state index >= 15 is 0 Å². The highest BCUT2D eigenvalue weighted by Crippen LogP contribution is 2.24. The first-order valence-corrected chi connectivity index (χ1v) is 10.5. The zero-order valence-electron chi connectivity index (χ0n) is 17.3. The third kappa shape index (κ3) is 4.74. The van der Waals surface area contributed by atoms with Crippen molar-refractivity contribution in [3.63, 3.8) is 0 Å². The lowest BCUT2D eigenvalue weighted by atomic mass is 9.89. The second-order valence-electron chi connectivity index (χ2n) is 8.13. The average Bonchev–Trinajstić information content (AvgIpc) is 2.79. The highest BCUT2D eigenvalue weighted by Gasteiger charge is 2.29. The minimum atomic E-state index is -0.130. The summed E-state index contributed by atoms with van der Waals surface area (Å²) >= 11 is 0. The number of benzene rings is 2. The van der Waals surface area contributed by atoms with Crippen molar-refractivity contribution in [2.75, 3.05) is 26.7 Å². The van der Waals surface area contributed by atoms with Crippen LogP contribution < -0.4 is 0 Å². The molecule has 0 bridgehead atoms. The number of likely N-dealkylation sites (tertiary alicyclic amines) is 1.